The van der Waals surface area contributed by atoms with Gasteiger partial charge in [0.05, 0.1) is 0 Å². The lowest BCUT2D eigenvalue weighted by Gasteiger charge is -1.83. The van der Waals surface area contributed by atoms with Gasteiger partial charge in [-0.2, -0.15) is 9.83 Å². The van der Waals surface area contributed by atoms with Crippen molar-refractivity contribution in [3.8, 4) is 6.07 Å². The van der Waals surface area contributed by atoms with E-state index in [0.29, 0.717) is 6.54 Å². The third kappa shape index (κ3) is 5.93. The maximum Gasteiger partial charge on any atom is 0.233 e. The molecule has 5 heteroatoms. The highest BCUT2D eigenvalue weighted by Crippen LogP contribution is 1.74. The molecule has 1 rings (SSSR count). The van der Waals surface area contributed by atoms with E-state index in [2.05, 4.69) is 0 Å². The first-order valence-corrected chi connectivity index (χ1v) is 2.74. The topological polar surface area (TPSA) is 62.7 Å². The largest absolute Gasteiger partial charge is 1.00 e. The van der Waals surface area contributed by atoms with Crippen LogP contribution >= 0.6 is 12.4 Å². The normalized spacial score (nSPS) is 6.25. The van der Waals surface area contributed by atoms with Gasteiger partial charge < -0.3 is 18.6 Å². The summed E-state index contributed by atoms with van der Waals surface area (Å²) in [6, 6.07) is 7.77. The van der Waals surface area contributed by atoms with E-state index in [1.54, 1.807) is 0 Å². The molecule has 0 spiro atoms. The smallest absolute Gasteiger partial charge is 0.233 e. The SMILES string of the molecule is Cl.N.N#CC[n+]1ccccc1.[Cl-]. The molecule has 0 saturated carbocycles. The second-order valence-electron chi connectivity index (χ2n) is 1.71. The van der Waals surface area contributed by atoms with E-state index in [0.717, 1.165) is 0 Å². The van der Waals surface area contributed by atoms with E-state index in [1.165, 1.54) is 0 Å². The van der Waals surface area contributed by atoms with Crippen LogP contribution in [0.4, 0.5) is 0 Å². The van der Waals surface area contributed by atoms with Gasteiger partial charge in [0.25, 0.3) is 0 Å². The van der Waals surface area contributed by atoms with Gasteiger partial charge in [0, 0.05) is 12.1 Å². The van der Waals surface area contributed by atoms with E-state index in [-0.39, 0.29) is 31.0 Å². The Morgan fingerprint density at radius 3 is 2.08 bits per heavy atom. The summed E-state index contributed by atoms with van der Waals surface area (Å²) in [5.41, 5.74) is 0. The molecule has 3 N–H and O–H groups in total. The summed E-state index contributed by atoms with van der Waals surface area (Å²) in [5.74, 6) is 0. The fourth-order valence-electron chi connectivity index (χ4n) is 0.621. The lowest BCUT2D eigenvalue weighted by molar-refractivity contribution is -0.685. The second-order valence-corrected chi connectivity index (χ2v) is 1.71. The number of rotatable bonds is 1. The number of pyridine rings is 1. The monoisotopic (exact) mass is 207 g/mol. The predicted octanol–water partition coefficient (Wildman–Crippen LogP) is -1.91. The molecule has 3 nitrogen and oxygen atoms in total. The average Bonchev–Trinajstić information content (AvgIpc) is 1.91. The zero-order valence-electron chi connectivity index (χ0n) is 6.48. The Bertz CT molecular complexity index is 220. The Kier molecular flexibility index (Phi) is 14.7. The van der Waals surface area contributed by atoms with Crippen molar-refractivity contribution in [2.75, 3.05) is 0 Å². The van der Waals surface area contributed by atoms with Gasteiger partial charge in [-0.15, -0.1) is 12.4 Å². The third-order valence-electron chi connectivity index (χ3n) is 1.03. The molecule has 0 aliphatic heterocycles. The van der Waals surface area contributed by atoms with Crippen molar-refractivity contribution in [1.82, 2.24) is 6.15 Å². The van der Waals surface area contributed by atoms with Gasteiger partial charge in [-0.25, -0.2) is 0 Å². The molecule has 0 radical (unpaired) electrons. The van der Waals surface area contributed by atoms with Gasteiger partial charge in [-0.1, -0.05) is 6.07 Å². The van der Waals surface area contributed by atoms with Crippen molar-refractivity contribution in [2.45, 2.75) is 6.54 Å². The minimum Gasteiger partial charge on any atom is -1.00 e. The fourth-order valence-corrected chi connectivity index (χ4v) is 0.621. The van der Waals surface area contributed by atoms with Gasteiger partial charge in [0.15, 0.2) is 12.4 Å². The molecule has 0 atom stereocenters. The van der Waals surface area contributed by atoms with Gasteiger partial charge >= 0.3 is 0 Å². The maximum atomic E-state index is 8.25. The van der Waals surface area contributed by atoms with E-state index in [4.69, 9.17) is 5.26 Å². The number of hydrogen-bond donors (Lipinski definition) is 1. The first-order valence-electron chi connectivity index (χ1n) is 2.74. The summed E-state index contributed by atoms with van der Waals surface area (Å²) in [5, 5.41) is 8.25. The molecule has 0 aromatic carbocycles. The van der Waals surface area contributed by atoms with Crippen molar-refractivity contribution in [1.29, 1.82) is 5.26 Å². The van der Waals surface area contributed by atoms with Crippen LogP contribution in [0.1, 0.15) is 0 Å². The van der Waals surface area contributed by atoms with Crippen LogP contribution in [-0.4, -0.2) is 0 Å². The summed E-state index contributed by atoms with van der Waals surface area (Å²) >= 11 is 0. The minimum atomic E-state index is 0. The molecular formula is C7H11Cl2N3. The molecule has 0 amide bonds. The first-order chi connectivity index (χ1) is 4.43. The Morgan fingerprint density at radius 1 is 1.17 bits per heavy atom. The molecule has 0 saturated heterocycles. The molecule has 1 aromatic heterocycles. The van der Waals surface area contributed by atoms with Crippen molar-refractivity contribution in [3.05, 3.63) is 30.6 Å². The van der Waals surface area contributed by atoms with Crippen molar-refractivity contribution < 1.29 is 17.0 Å². The van der Waals surface area contributed by atoms with Crippen LogP contribution in [0.3, 0.4) is 0 Å². The molecule has 1 aromatic rings. The van der Waals surface area contributed by atoms with E-state index < -0.39 is 0 Å². The highest BCUT2D eigenvalue weighted by molar-refractivity contribution is 5.85. The van der Waals surface area contributed by atoms with Crippen LogP contribution in [-0.2, 0) is 6.54 Å². The summed E-state index contributed by atoms with van der Waals surface area (Å²) in [4.78, 5) is 0. The summed E-state index contributed by atoms with van der Waals surface area (Å²) in [6.07, 6.45) is 3.73. The van der Waals surface area contributed by atoms with Gasteiger partial charge in [0.1, 0.15) is 6.07 Å². The third-order valence-corrected chi connectivity index (χ3v) is 1.03. The summed E-state index contributed by atoms with van der Waals surface area (Å²) in [6.45, 7) is 0.431. The highest BCUT2D eigenvalue weighted by atomic mass is 35.5. The van der Waals surface area contributed by atoms with Crippen molar-refractivity contribution in [3.63, 3.8) is 0 Å². The number of halogens is 2. The van der Waals surface area contributed by atoms with Gasteiger partial charge in [-0.05, 0) is 0 Å². The van der Waals surface area contributed by atoms with E-state index >= 15 is 0 Å². The Balaban J connectivity index is -0.000000270. The quantitative estimate of drug-likeness (QED) is 0.547. The van der Waals surface area contributed by atoms with Gasteiger partial charge in [0.2, 0.25) is 6.54 Å². The standard InChI is InChI=1S/C7H7N2.2ClH.H3N/c8-4-7-9-5-2-1-3-6-9;;;/h1-3,5-6H,7H2;2*1H;1H3/q+1;;;/p-1. The highest BCUT2D eigenvalue weighted by Gasteiger charge is 1.90. The fraction of sp³-hybridized carbons (Fsp3) is 0.143. The number of aromatic nitrogens is 1. The molecule has 12 heavy (non-hydrogen) atoms. The number of hydrogen-bond acceptors (Lipinski definition) is 2. The maximum absolute atomic E-state index is 8.25. The average molecular weight is 208 g/mol. The van der Waals surface area contributed by atoms with Crippen molar-refractivity contribution >= 4 is 12.4 Å². The van der Waals surface area contributed by atoms with Crippen LogP contribution in [0.25, 0.3) is 0 Å². The number of nitriles is 1. The van der Waals surface area contributed by atoms with Crippen LogP contribution in [0.5, 0.6) is 0 Å². The predicted molar refractivity (Wildman–Crippen MR) is 44.5 cm³/mol. The van der Waals surface area contributed by atoms with Crippen LogP contribution in [0.2, 0.25) is 0 Å². The summed E-state index contributed by atoms with van der Waals surface area (Å²) in [7, 11) is 0. The number of nitrogens with zero attached hydrogens (tertiary/aromatic N) is 2. The molecule has 0 fully saturated rings. The van der Waals surface area contributed by atoms with Gasteiger partial charge in [-0.3, -0.25) is 0 Å². The molecule has 0 aliphatic carbocycles. The zero-order valence-corrected chi connectivity index (χ0v) is 8.05. The second kappa shape index (κ2) is 10.2. The Hall–Kier alpha value is -0.820. The van der Waals surface area contributed by atoms with E-state index in [1.807, 2.05) is 41.2 Å². The molecule has 0 aliphatic rings. The Labute approximate surface area is 84.4 Å². The molecule has 0 unspecified atom stereocenters. The van der Waals surface area contributed by atoms with E-state index in [9.17, 15) is 0 Å². The van der Waals surface area contributed by atoms with Crippen LogP contribution in [0.15, 0.2) is 30.6 Å². The zero-order chi connectivity index (χ0) is 6.53. The first kappa shape index (κ1) is 17.3. The summed E-state index contributed by atoms with van der Waals surface area (Å²) < 4.78 is 1.82. The lowest BCUT2D eigenvalue weighted by atomic mass is 10.5. The molecule has 0 bridgehead atoms. The van der Waals surface area contributed by atoms with Crippen LogP contribution < -0.4 is 23.1 Å². The molecule has 68 valence electrons. The van der Waals surface area contributed by atoms with Crippen molar-refractivity contribution in [2.24, 2.45) is 0 Å². The lowest BCUT2D eigenvalue weighted by Crippen LogP contribution is -3.00. The Morgan fingerprint density at radius 2 is 1.67 bits per heavy atom. The molecular weight excluding hydrogens is 197 g/mol. The minimum absolute atomic E-state index is 0. The van der Waals surface area contributed by atoms with Crippen LogP contribution in [0, 0.1) is 11.3 Å². The molecule has 1 heterocycles.